The average molecular weight is 270 g/mol. The summed E-state index contributed by atoms with van der Waals surface area (Å²) >= 11 is 3.08. The molecule has 1 amide bonds. The second kappa shape index (κ2) is 6.13. The molecule has 0 saturated carbocycles. The predicted octanol–water partition coefficient (Wildman–Crippen LogP) is 0.406. The van der Waals surface area contributed by atoms with Gasteiger partial charge in [-0.2, -0.15) is 0 Å². The molecule has 7 heteroatoms. The maximum Gasteiger partial charge on any atom is 0.232 e. The average Bonchev–Trinajstić information content (AvgIpc) is 2.91. The van der Waals surface area contributed by atoms with Crippen molar-refractivity contribution in [1.29, 1.82) is 0 Å². The van der Waals surface area contributed by atoms with E-state index in [1.165, 1.54) is 11.3 Å². The first-order valence-electron chi connectivity index (χ1n) is 5.38. The number of rotatable bonds is 4. The zero-order valence-electron chi connectivity index (χ0n) is 9.31. The summed E-state index contributed by atoms with van der Waals surface area (Å²) in [5.74, 6) is 0.903. The molecule has 0 spiro atoms. The Labute approximate surface area is 108 Å². The predicted molar refractivity (Wildman–Crippen MR) is 71.5 cm³/mol. The lowest BCUT2D eigenvalue weighted by Gasteiger charge is -2.01. The first kappa shape index (κ1) is 12.5. The van der Waals surface area contributed by atoms with Crippen LogP contribution < -0.4 is 11.1 Å². The number of amidine groups is 1. The molecule has 0 saturated heterocycles. The van der Waals surface area contributed by atoms with E-state index in [0.717, 1.165) is 34.6 Å². The molecule has 0 aliphatic carbocycles. The number of hydrogen-bond acceptors (Lipinski definition) is 6. The van der Waals surface area contributed by atoms with E-state index < -0.39 is 0 Å². The highest BCUT2D eigenvalue weighted by molar-refractivity contribution is 8.14. The van der Waals surface area contributed by atoms with Gasteiger partial charge in [-0.05, 0) is 6.54 Å². The summed E-state index contributed by atoms with van der Waals surface area (Å²) in [6.45, 7) is 1.38. The fourth-order valence-corrected chi connectivity index (χ4v) is 2.98. The molecule has 2 heterocycles. The summed E-state index contributed by atoms with van der Waals surface area (Å²) in [4.78, 5) is 20.2. The third-order valence-corrected chi connectivity index (χ3v) is 3.93. The maximum atomic E-state index is 11.7. The van der Waals surface area contributed by atoms with Crippen LogP contribution in [0.4, 0.5) is 0 Å². The molecule has 92 valence electrons. The van der Waals surface area contributed by atoms with Gasteiger partial charge in [0.2, 0.25) is 5.91 Å². The minimum atomic E-state index is -0.0493. The van der Waals surface area contributed by atoms with Crippen molar-refractivity contribution in [3.05, 3.63) is 16.1 Å². The van der Waals surface area contributed by atoms with E-state index in [1.54, 1.807) is 11.8 Å². The highest BCUT2D eigenvalue weighted by Crippen LogP contribution is 2.12. The lowest BCUT2D eigenvalue weighted by Crippen LogP contribution is -2.28. The third-order valence-electron chi connectivity index (χ3n) is 2.14. The van der Waals surface area contributed by atoms with Crippen LogP contribution in [-0.4, -0.2) is 34.9 Å². The normalized spacial score (nSPS) is 14.8. The van der Waals surface area contributed by atoms with Gasteiger partial charge < -0.3 is 11.1 Å². The molecule has 0 unspecified atom stereocenters. The first-order valence-corrected chi connectivity index (χ1v) is 7.25. The number of thiazole rings is 1. The van der Waals surface area contributed by atoms with Crippen molar-refractivity contribution in [3.8, 4) is 0 Å². The van der Waals surface area contributed by atoms with Crippen LogP contribution in [0, 0.1) is 0 Å². The fraction of sp³-hybridized carbons (Fsp3) is 0.500. The number of carbonyl (C=O) groups is 1. The van der Waals surface area contributed by atoms with Crippen molar-refractivity contribution in [3.63, 3.8) is 0 Å². The second-order valence-electron chi connectivity index (χ2n) is 3.53. The van der Waals surface area contributed by atoms with Crippen LogP contribution in [-0.2, 0) is 17.6 Å². The largest absolute Gasteiger partial charge is 0.330 e. The molecule has 1 aromatic rings. The van der Waals surface area contributed by atoms with E-state index in [0.29, 0.717) is 13.0 Å². The van der Waals surface area contributed by atoms with Crippen LogP contribution in [0.15, 0.2) is 10.4 Å². The molecule has 1 aliphatic heterocycles. The number of nitrogens with two attached hydrogens (primary N) is 1. The minimum absolute atomic E-state index is 0.0493. The highest BCUT2D eigenvalue weighted by atomic mass is 32.2. The summed E-state index contributed by atoms with van der Waals surface area (Å²) in [5.41, 5.74) is 6.41. The molecule has 0 radical (unpaired) electrons. The van der Waals surface area contributed by atoms with Gasteiger partial charge in [-0.15, -0.1) is 11.3 Å². The van der Waals surface area contributed by atoms with Gasteiger partial charge in [-0.3, -0.25) is 9.79 Å². The molecule has 0 atom stereocenters. The Kier molecular flexibility index (Phi) is 4.52. The quantitative estimate of drug-likeness (QED) is 0.830. The lowest BCUT2D eigenvalue weighted by molar-refractivity contribution is -0.119. The van der Waals surface area contributed by atoms with Gasteiger partial charge >= 0.3 is 0 Å². The molecule has 0 fully saturated rings. The van der Waals surface area contributed by atoms with Gasteiger partial charge in [0.05, 0.1) is 18.7 Å². The summed E-state index contributed by atoms with van der Waals surface area (Å²) in [6, 6.07) is 0. The Morgan fingerprint density at radius 3 is 3.18 bits per heavy atom. The van der Waals surface area contributed by atoms with Crippen LogP contribution in [0.5, 0.6) is 0 Å². The molecule has 5 nitrogen and oxygen atoms in total. The smallest absolute Gasteiger partial charge is 0.232 e. The van der Waals surface area contributed by atoms with Crippen molar-refractivity contribution in [2.45, 2.75) is 12.8 Å². The van der Waals surface area contributed by atoms with Gasteiger partial charge in [-0.1, -0.05) is 11.8 Å². The van der Waals surface area contributed by atoms with Crippen molar-refractivity contribution in [2.24, 2.45) is 10.7 Å². The molecular formula is C10H14N4OS2. The number of nitrogens with one attached hydrogen (secondary N) is 1. The van der Waals surface area contributed by atoms with Crippen LogP contribution in [0.3, 0.4) is 0 Å². The minimum Gasteiger partial charge on any atom is -0.330 e. The molecule has 1 aromatic heterocycles. The number of aromatic nitrogens is 1. The first-order chi connectivity index (χ1) is 8.28. The Hall–Kier alpha value is -0.920. The maximum absolute atomic E-state index is 11.7. The van der Waals surface area contributed by atoms with Crippen molar-refractivity contribution in [2.75, 3.05) is 18.8 Å². The van der Waals surface area contributed by atoms with Gasteiger partial charge in [0.25, 0.3) is 0 Å². The fourth-order valence-electron chi connectivity index (χ4n) is 1.40. The molecule has 0 aromatic carbocycles. The molecule has 0 bridgehead atoms. The third kappa shape index (κ3) is 3.79. The number of aliphatic imine (C=N–C) groups is 1. The van der Waals surface area contributed by atoms with Crippen LogP contribution in [0.2, 0.25) is 0 Å². The summed E-state index contributed by atoms with van der Waals surface area (Å²) < 4.78 is 0. The molecule has 17 heavy (non-hydrogen) atoms. The van der Waals surface area contributed by atoms with Gasteiger partial charge in [0.1, 0.15) is 5.01 Å². The van der Waals surface area contributed by atoms with E-state index in [-0.39, 0.29) is 5.91 Å². The summed E-state index contributed by atoms with van der Waals surface area (Å²) in [5, 5.41) is 6.30. The standard InChI is InChI=1S/C10H14N4OS2/c11-2-1-7-6-17-9(13-7)5-8(15)14-10-12-3-4-16-10/h6H,1-5,11H2,(H,12,14,15). The van der Waals surface area contributed by atoms with Crippen LogP contribution in [0.25, 0.3) is 0 Å². The van der Waals surface area contributed by atoms with Gasteiger partial charge in [0, 0.05) is 17.6 Å². The van der Waals surface area contributed by atoms with E-state index >= 15 is 0 Å². The van der Waals surface area contributed by atoms with E-state index in [1.807, 2.05) is 5.38 Å². The van der Waals surface area contributed by atoms with Gasteiger partial charge in [-0.25, -0.2) is 4.98 Å². The Balaban J connectivity index is 1.84. The molecule has 3 N–H and O–H groups in total. The number of nitrogens with zero attached hydrogens (tertiary/aromatic N) is 2. The zero-order valence-corrected chi connectivity index (χ0v) is 10.9. The second-order valence-corrected chi connectivity index (χ2v) is 5.56. The highest BCUT2D eigenvalue weighted by Gasteiger charge is 2.12. The topological polar surface area (TPSA) is 80.4 Å². The summed E-state index contributed by atoms with van der Waals surface area (Å²) in [7, 11) is 0. The van der Waals surface area contributed by atoms with E-state index in [2.05, 4.69) is 15.3 Å². The van der Waals surface area contributed by atoms with Crippen LogP contribution >= 0.6 is 23.1 Å². The SMILES string of the molecule is NCCc1csc(CC(=O)NC2=NCCS2)n1. The van der Waals surface area contributed by atoms with E-state index in [4.69, 9.17) is 5.73 Å². The Morgan fingerprint density at radius 1 is 1.59 bits per heavy atom. The number of thioether (sulfide) groups is 1. The van der Waals surface area contributed by atoms with Crippen molar-refractivity contribution >= 4 is 34.2 Å². The Bertz CT molecular complexity index is 430. The molecule has 1 aliphatic rings. The van der Waals surface area contributed by atoms with Crippen molar-refractivity contribution in [1.82, 2.24) is 10.3 Å². The molecule has 2 rings (SSSR count). The lowest BCUT2D eigenvalue weighted by atomic mass is 10.3. The molecular weight excluding hydrogens is 256 g/mol. The van der Waals surface area contributed by atoms with Crippen molar-refractivity contribution < 1.29 is 4.79 Å². The number of hydrogen-bond donors (Lipinski definition) is 2. The zero-order chi connectivity index (χ0) is 12.1. The van der Waals surface area contributed by atoms with E-state index in [9.17, 15) is 4.79 Å². The van der Waals surface area contributed by atoms with Crippen LogP contribution in [0.1, 0.15) is 10.7 Å². The van der Waals surface area contributed by atoms with Gasteiger partial charge in [0.15, 0.2) is 5.17 Å². The summed E-state index contributed by atoms with van der Waals surface area (Å²) in [6.07, 6.45) is 1.08. The number of carbonyl (C=O) groups excluding carboxylic acids is 1. The number of amides is 1. The monoisotopic (exact) mass is 270 g/mol. The Morgan fingerprint density at radius 2 is 2.47 bits per heavy atom.